The number of benzene rings is 1. The quantitative estimate of drug-likeness (QED) is 0.765. The lowest BCUT2D eigenvalue weighted by atomic mass is 10.2. The number of carbonyl (C=O) groups excluding carboxylic acids is 1. The second kappa shape index (κ2) is 6.03. The smallest absolute Gasteiger partial charge is 0.258 e. The van der Waals surface area contributed by atoms with Crippen LogP contribution in [-0.2, 0) is 6.54 Å². The Morgan fingerprint density at radius 2 is 2.12 bits per heavy atom. The topological polar surface area (TPSA) is 63.7 Å². The summed E-state index contributed by atoms with van der Waals surface area (Å²) in [4.78, 5) is 20.3. The van der Waals surface area contributed by atoms with Crippen molar-refractivity contribution in [2.45, 2.75) is 12.7 Å². The highest BCUT2D eigenvalue weighted by atomic mass is 32.1. The van der Waals surface area contributed by atoms with Crippen LogP contribution in [0.4, 0.5) is 5.69 Å². The Morgan fingerprint density at radius 3 is 3.00 bits per heavy atom. The number of hydrogen-bond acceptors (Lipinski definition) is 6. The summed E-state index contributed by atoms with van der Waals surface area (Å²) in [6.45, 7) is 0.769. The van der Waals surface area contributed by atoms with Gasteiger partial charge in [0.15, 0.2) is 11.5 Å². The fourth-order valence-corrected chi connectivity index (χ4v) is 3.96. The summed E-state index contributed by atoms with van der Waals surface area (Å²) < 4.78 is 10.8. The van der Waals surface area contributed by atoms with Crippen LogP contribution in [0.2, 0.25) is 0 Å². The Bertz CT molecular complexity index is 974. The minimum Gasteiger partial charge on any atom is -0.454 e. The average Bonchev–Trinajstić information content (AvgIpc) is 3.39. The van der Waals surface area contributed by atoms with Crippen molar-refractivity contribution in [2.24, 2.45) is 0 Å². The van der Waals surface area contributed by atoms with E-state index in [-0.39, 0.29) is 18.9 Å². The van der Waals surface area contributed by atoms with Gasteiger partial charge in [-0.3, -0.25) is 9.78 Å². The number of amides is 1. The molecule has 0 fully saturated rings. The highest BCUT2D eigenvalue weighted by molar-refractivity contribution is 7.09. The second-order valence-electron chi connectivity index (χ2n) is 6.06. The van der Waals surface area contributed by atoms with Crippen molar-refractivity contribution in [3.63, 3.8) is 0 Å². The van der Waals surface area contributed by atoms with E-state index in [0.717, 1.165) is 22.0 Å². The molecule has 1 amide bonds. The van der Waals surface area contributed by atoms with Gasteiger partial charge in [0.1, 0.15) is 6.17 Å². The fourth-order valence-electron chi connectivity index (χ4n) is 3.26. The molecule has 1 N–H and O–H groups in total. The molecule has 0 spiro atoms. The minimum atomic E-state index is -0.332. The molecule has 0 saturated carbocycles. The summed E-state index contributed by atoms with van der Waals surface area (Å²) in [5.41, 5.74) is 2.23. The van der Waals surface area contributed by atoms with E-state index >= 15 is 0 Å². The minimum absolute atomic E-state index is 0.0141. The Balaban J connectivity index is 1.49. The van der Waals surface area contributed by atoms with Gasteiger partial charge in [-0.1, -0.05) is 6.07 Å². The van der Waals surface area contributed by atoms with Crippen LogP contribution in [0.15, 0.2) is 54.0 Å². The van der Waals surface area contributed by atoms with Crippen molar-refractivity contribution in [3.8, 4) is 11.5 Å². The summed E-state index contributed by atoms with van der Waals surface area (Å²) in [5, 5.41) is 5.45. The van der Waals surface area contributed by atoms with Crippen LogP contribution in [0, 0.1) is 0 Å². The van der Waals surface area contributed by atoms with Gasteiger partial charge in [0.05, 0.1) is 17.8 Å². The third-order valence-corrected chi connectivity index (χ3v) is 5.34. The van der Waals surface area contributed by atoms with Gasteiger partial charge in [-0.05, 0) is 35.7 Å². The van der Waals surface area contributed by atoms with Crippen LogP contribution in [0.1, 0.15) is 27.1 Å². The third-order valence-electron chi connectivity index (χ3n) is 4.48. The SMILES string of the molecule is O=C1c2cccnc2[C@H](Nc2ccc3c(c2)OCO3)N1Cc1cccs1. The van der Waals surface area contributed by atoms with Crippen molar-refractivity contribution >= 4 is 22.9 Å². The summed E-state index contributed by atoms with van der Waals surface area (Å²) >= 11 is 1.64. The molecule has 1 atom stereocenters. The molecule has 26 heavy (non-hydrogen) atoms. The maximum atomic E-state index is 12.9. The Kier molecular flexibility index (Phi) is 3.53. The average molecular weight is 365 g/mol. The maximum Gasteiger partial charge on any atom is 0.258 e. The van der Waals surface area contributed by atoms with Crippen LogP contribution in [0.3, 0.4) is 0 Å². The van der Waals surface area contributed by atoms with E-state index in [1.807, 2.05) is 46.7 Å². The molecule has 1 aromatic carbocycles. The molecule has 2 aromatic heterocycles. The molecular weight excluding hydrogens is 350 g/mol. The molecule has 2 aliphatic rings. The van der Waals surface area contributed by atoms with E-state index in [1.54, 1.807) is 23.6 Å². The monoisotopic (exact) mass is 365 g/mol. The third kappa shape index (κ3) is 2.48. The number of nitrogens with zero attached hydrogens (tertiary/aromatic N) is 2. The highest BCUT2D eigenvalue weighted by Crippen LogP contribution is 2.38. The molecule has 6 nitrogen and oxygen atoms in total. The zero-order valence-corrected chi connectivity index (χ0v) is 14.5. The number of fused-ring (bicyclic) bond motifs is 2. The number of pyridine rings is 1. The van der Waals surface area contributed by atoms with Crippen molar-refractivity contribution in [1.82, 2.24) is 9.88 Å². The normalized spacial score (nSPS) is 17.5. The van der Waals surface area contributed by atoms with Gasteiger partial charge in [-0.15, -0.1) is 11.3 Å². The van der Waals surface area contributed by atoms with Crippen molar-refractivity contribution < 1.29 is 14.3 Å². The van der Waals surface area contributed by atoms with Gasteiger partial charge in [-0.25, -0.2) is 0 Å². The summed E-state index contributed by atoms with van der Waals surface area (Å²) in [5.74, 6) is 1.41. The molecule has 0 bridgehead atoms. The Morgan fingerprint density at radius 1 is 1.19 bits per heavy atom. The molecular formula is C19H15N3O3S. The number of anilines is 1. The first-order valence-corrected chi connectivity index (χ1v) is 9.12. The van der Waals surface area contributed by atoms with Crippen LogP contribution < -0.4 is 14.8 Å². The standard InChI is InChI=1S/C19H15N3O3S/c23-19-14-4-1-7-20-17(14)18(22(19)10-13-3-2-8-26-13)21-12-5-6-15-16(9-12)25-11-24-15/h1-9,18,21H,10-11H2/t18-/m1/s1. The molecule has 0 aliphatic carbocycles. The van der Waals surface area contributed by atoms with Crippen molar-refractivity contribution in [3.05, 3.63) is 70.2 Å². The molecule has 2 aliphatic heterocycles. The summed E-state index contributed by atoms with van der Waals surface area (Å²) in [6.07, 6.45) is 1.39. The van der Waals surface area contributed by atoms with Crippen molar-refractivity contribution in [1.29, 1.82) is 0 Å². The predicted octanol–water partition coefficient (Wildman–Crippen LogP) is 3.64. The number of nitrogens with one attached hydrogen (secondary N) is 1. The summed E-state index contributed by atoms with van der Waals surface area (Å²) in [6, 6.07) is 13.3. The number of rotatable bonds is 4. The van der Waals surface area contributed by atoms with E-state index in [1.165, 1.54) is 0 Å². The van der Waals surface area contributed by atoms with Crippen LogP contribution >= 0.6 is 11.3 Å². The molecule has 5 rings (SSSR count). The van der Waals surface area contributed by atoms with E-state index in [9.17, 15) is 4.79 Å². The van der Waals surface area contributed by atoms with E-state index < -0.39 is 0 Å². The van der Waals surface area contributed by atoms with Gasteiger partial charge in [-0.2, -0.15) is 0 Å². The Hall–Kier alpha value is -3.06. The number of hydrogen-bond donors (Lipinski definition) is 1. The predicted molar refractivity (Wildman–Crippen MR) is 97.4 cm³/mol. The van der Waals surface area contributed by atoms with Crippen LogP contribution in [0.25, 0.3) is 0 Å². The first-order chi connectivity index (χ1) is 12.8. The van der Waals surface area contributed by atoms with Gasteiger partial charge >= 0.3 is 0 Å². The number of thiophene rings is 1. The molecule has 7 heteroatoms. The molecule has 3 aromatic rings. The molecule has 0 unspecified atom stereocenters. The largest absolute Gasteiger partial charge is 0.454 e. The first kappa shape index (κ1) is 15.2. The zero-order chi connectivity index (χ0) is 17.5. The Labute approximate surface area is 154 Å². The van der Waals surface area contributed by atoms with Gasteiger partial charge < -0.3 is 19.7 Å². The summed E-state index contributed by atoms with van der Waals surface area (Å²) in [7, 11) is 0. The molecule has 0 radical (unpaired) electrons. The highest BCUT2D eigenvalue weighted by Gasteiger charge is 2.38. The van der Waals surface area contributed by atoms with Crippen LogP contribution in [-0.4, -0.2) is 22.6 Å². The number of carbonyl (C=O) groups is 1. The van der Waals surface area contributed by atoms with Gasteiger partial charge in [0, 0.05) is 22.8 Å². The fraction of sp³-hybridized carbons (Fsp3) is 0.158. The number of aromatic nitrogens is 1. The van der Waals surface area contributed by atoms with E-state index in [4.69, 9.17) is 9.47 Å². The van der Waals surface area contributed by atoms with Crippen molar-refractivity contribution in [2.75, 3.05) is 12.1 Å². The van der Waals surface area contributed by atoms with Gasteiger partial charge in [0.2, 0.25) is 6.79 Å². The van der Waals surface area contributed by atoms with E-state index in [2.05, 4.69) is 10.3 Å². The second-order valence-corrected chi connectivity index (χ2v) is 7.10. The van der Waals surface area contributed by atoms with E-state index in [0.29, 0.717) is 17.9 Å². The van der Waals surface area contributed by atoms with Gasteiger partial charge in [0.25, 0.3) is 5.91 Å². The zero-order valence-electron chi connectivity index (χ0n) is 13.7. The maximum absolute atomic E-state index is 12.9. The lowest BCUT2D eigenvalue weighted by Crippen LogP contribution is -2.31. The molecule has 0 saturated heterocycles. The first-order valence-electron chi connectivity index (χ1n) is 8.24. The lowest BCUT2D eigenvalue weighted by Gasteiger charge is -2.26. The van der Waals surface area contributed by atoms with Crippen LogP contribution in [0.5, 0.6) is 11.5 Å². The molecule has 4 heterocycles. The number of ether oxygens (including phenoxy) is 2. The molecule has 130 valence electrons. The lowest BCUT2D eigenvalue weighted by molar-refractivity contribution is 0.0729.